The topological polar surface area (TPSA) is 118 Å². The SMILES string of the molecule is CCCCCCCC(=O)O.CCCCCCCC(=O)[O-].CCCCCCCC(=O)[O-].[Ca+2]. The molecule has 0 aliphatic carbocycles. The van der Waals surface area contributed by atoms with Crippen LogP contribution in [-0.4, -0.2) is 60.8 Å². The molecule has 0 unspecified atom stereocenters. The number of aliphatic carboxylic acids is 3. The van der Waals surface area contributed by atoms with Crippen LogP contribution in [0.3, 0.4) is 0 Å². The van der Waals surface area contributed by atoms with Crippen molar-refractivity contribution in [3.8, 4) is 0 Å². The van der Waals surface area contributed by atoms with Crippen molar-refractivity contribution in [3.05, 3.63) is 0 Å². The van der Waals surface area contributed by atoms with Gasteiger partial charge in [0.15, 0.2) is 0 Å². The second-order valence-corrected chi connectivity index (χ2v) is 7.63. The van der Waals surface area contributed by atoms with E-state index in [2.05, 4.69) is 20.8 Å². The van der Waals surface area contributed by atoms with Crippen LogP contribution in [0.2, 0.25) is 0 Å². The van der Waals surface area contributed by atoms with E-state index in [0.29, 0.717) is 6.42 Å². The maximum absolute atomic E-state index is 10.0. The van der Waals surface area contributed by atoms with Crippen LogP contribution in [-0.2, 0) is 14.4 Å². The molecule has 0 aliphatic heterocycles. The van der Waals surface area contributed by atoms with E-state index in [4.69, 9.17) is 5.11 Å². The number of unbranched alkanes of at least 4 members (excludes halogenated alkanes) is 12. The third-order valence-electron chi connectivity index (χ3n) is 4.46. The summed E-state index contributed by atoms with van der Waals surface area (Å²) >= 11 is 0. The summed E-state index contributed by atoms with van der Waals surface area (Å²) in [6.07, 6.45) is 17.1. The van der Waals surface area contributed by atoms with Crippen molar-refractivity contribution in [1.82, 2.24) is 0 Å². The minimum Gasteiger partial charge on any atom is -0.550 e. The molecule has 31 heavy (non-hydrogen) atoms. The number of carboxylic acids is 3. The van der Waals surface area contributed by atoms with E-state index in [0.717, 1.165) is 51.4 Å². The van der Waals surface area contributed by atoms with Crippen LogP contribution in [0.1, 0.15) is 136 Å². The van der Waals surface area contributed by atoms with E-state index in [9.17, 15) is 24.6 Å². The summed E-state index contributed by atoms with van der Waals surface area (Å²) in [4.78, 5) is 29.9. The van der Waals surface area contributed by atoms with Gasteiger partial charge in [-0.3, -0.25) is 4.79 Å². The molecule has 0 aromatic rings. The second kappa shape index (κ2) is 34.3. The zero-order valence-electron chi connectivity index (χ0n) is 20.4. The monoisotopic (exact) mass is 470 g/mol. The van der Waals surface area contributed by atoms with E-state index in [1.54, 1.807) is 0 Å². The van der Waals surface area contributed by atoms with Crippen molar-refractivity contribution in [2.24, 2.45) is 0 Å². The molecule has 7 heteroatoms. The van der Waals surface area contributed by atoms with Gasteiger partial charge in [0.05, 0.1) is 0 Å². The van der Waals surface area contributed by atoms with Gasteiger partial charge in [0.25, 0.3) is 0 Å². The molecule has 0 fully saturated rings. The molecule has 0 saturated heterocycles. The van der Waals surface area contributed by atoms with E-state index >= 15 is 0 Å². The van der Waals surface area contributed by atoms with Gasteiger partial charge in [0, 0.05) is 18.4 Å². The quantitative estimate of drug-likeness (QED) is 0.236. The Labute approximate surface area is 220 Å². The average molecular weight is 471 g/mol. The predicted octanol–water partition coefficient (Wildman–Crippen LogP) is 4.24. The van der Waals surface area contributed by atoms with Gasteiger partial charge in [0.2, 0.25) is 0 Å². The van der Waals surface area contributed by atoms with Gasteiger partial charge < -0.3 is 24.9 Å². The molecule has 0 aromatic heterocycles. The fourth-order valence-electron chi connectivity index (χ4n) is 2.63. The Morgan fingerprint density at radius 2 is 0.774 bits per heavy atom. The number of rotatable bonds is 18. The predicted molar refractivity (Wildman–Crippen MR) is 124 cm³/mol. The number of carbonyl (C=O) groups is 3. The Morgan fingerprint density at radius 1 is 0.516 bits per heavy atom. The third-order valence-corrected chi connectivity index (χ3v) is 4.46. The van der Waals surface area contributed by atoms with Crippen LogP contribution >= 0.6 is 0 Å². The molecular formula is C24H46CaO6. The third kappa shape index (κ3) is 53.2. The summed E-state index contributed by atoms with van der Waals surface area (Å²) in [6.45, 7) is 6.43. The Bertz CT molecular complexity index is 331. The van der Waals surface area contributed by atoms with Gasteiger partial charge in [-0.15, -0.1) is 0 Å². The largest absolute Gasteiger partial charge is 2.00 e. The van der Waals surface area contributed by atoms with Crippen LogP contribution in [0.25, 0.3) is 0 Å². The Balaban J connectivity index is -0.000000174. The summed E-state index contributed by atoms with van der Waals surface area (Å²) < 4.78 is 0. The summed E-state index contributed by atoms with van der Waals surface area (Å²) in [5.74, 6) is -2.51. The van der Waals surface area contributed by atoms with Gasteiger partial charge in [-0.25, -0.2) is 0 Å². The second-order valence-electron chi connectivity index (χ2n) is 7.63. The summed E-state index contributed by atoms with van der Waals surface area (Å²) in [6, 6.07) is 0. The maximum Gasteiger partial charge on any atom is 2.00 e. The standard InChI is InChI=1S/3C8H16O2.Ca/c3*1-2-3-4-5-6-7-8(9)10;/h3*2-7H2,1H3,(H,9,10);/q;;;+2/p-2. The molecule has 0 aliphatic rings. The van der Waals surface area contributed by atoms with E-state index in [1.807, 2.05) is 0 Å². The zero-order valence-corrected chi connectivity index (χ0v) is 22.6. The molecule has 1 N–H and O–H groups in total. The molecule has 0 radical (unpaired) electrons. The van der Waals surface area contributed by atoms with Gasteiger partial charge in [0.1, 0.15) is 0 Å². The smallest absolute Gasteiger partial charge is 0.550 e. The number of hydrogen-bond acceptors (Lipinski definition) is 5. The molecule has 0 bridgehead atoms. The van der Waals surface area contributed by atoms with Crippen molar-refractivity contribution in [2.75, 3.05) is 0 Å². The van der Waals surface area contributed by atoms with Crippen molar-refractivity contribution in [1.29, 1.82) is 0 Å². The molecule has 180 valence electrons. The Morgan fingerprint density at radius 3 is 1.00 bits per heavy atom. The molecule has 0 rings (SSSR count). The van der Waals surface area contributed by atoms with Crippen LogP contribution < -0.4 is 10.2 Å². The molecule has 0 aromatic carbocycles. The van der Waals surface area contributed by atoms with Crippen LogP contribution in [0.4, 0.5) is 0 Å². The van der Waals surface area contributed by atoms with Gasteiger partial charge in [-0.05, 0) is 32.1 Å². The van der Waals surface area contributed by atoms with E-state index in [1.165, 1.54) is 44.9 Å². The van der Waals surface area contributed by atoms with Crippen molar-refractivity contribution < 1.29 is 29.7 Å². The number of hydrogen-bond donors (Lipinski definition) is 1. The zero-order chi connectivity index (χ0) is 23.5. The molecular weight excluding hydrogens is 424 g/mol. The van der Waals surface area contributed by atoms with Gasteiger partial charge in [-0.1, -0.05) is 97.8 Å². The number of carbonyl (C=O) groups excluding carboxylic acids is 2. The molecule has 6 nitrogen and oxygen atoms in total. The average Bonchev–Trinajstić information content (AvgIpc) is 2.68. The first-order valence-electron chi connectivity index (χ1n) is 11.9. The van der Waals surface area contributed by atoms with Crippen LogP contribution in [0, 0.1) is 0 Å². The first kappa shape index (κ1) is 38.0. The summed E-state index contributed by atoms with van der Waals surface area (Å²) in [5.41, 5.74) is 0. The fraction of sp³-hybridized carbons (Fsp3) is 0.875. The molecule has 0 saturated carbocycles. The van der Waals surface area contributed by atoms with Crippen molar-refractivity contribution in [2.45, 2.75) is 136 Å². The first-order chi connectivity index (χ1) is 14.3. The molecule has 0 atom stereocenters. The first-order valence-corrected chi connectivity index (χ1v) is 11.9. The molecule has 0 spiro atoms. The van der Waals surface area contributed by atoms with E-state index < -0.39 is 17.9 Å². The van der Waals surface area contributed by atoms with Crippen LogP contribution in [0.15, 0.2) is 0 Å². The Kier molecular flexibility index (Phi) is 42.0. The minimum atomic E-state index is -0.920. The van der Waals surface area contributed by atoms with Gasteiger partial charge >= 0.3 is 43.7 Å². The summed E-state index contributed by atoms with van der Waals surface area (Å²) in [5, 5.41) is 28.1. The number of carboxylic acid groups (broad SMARTS) is 3. The summed E-state index contributed by atoms with van der Waals surface area (Å²) in [7, 11) is 0. The van der Waals surface area contributed by atoms with E-state index in [-0.39, 0.29) is 50.6 Å². The maximum atomic E-state index is 10.0. The molecule has 0 amide bonds. The van der Waals surface area contributed by atoms with Crippen molar-refractivity contribution in [3.63, 3.8) is 0 Å². The normalized spacial score (nSPS) is 9.39. The molecule has 0 heterocycles. The fourth-order valence-corrected chi connectivity index (χ4v) is 2.63. The minimum absolute atomic E-state index is 0. The van der Waals surface area contributed by atoms with Crippen LogP contribution in [0.5, 0.6) is 0 Å². The van der Waals surface area contributed by atoms with Crippen molar-refractivity contribution >= 4 is 55.6 Å². The van der Waals surface area contributed by atoms with Gasteiger partial charge in [-0.2, -0.15) is 0 Å². The Hall–Kier alpha value is -0.330.